The van der Waals surface area contributed by atoms with E-state index in [4.69, 9.17) is 0 Å². The van der Waals surface area contributed by atoms with E-state index < -0.39 is 23.2 Å². The van der Waals surface area contributed by atoms with Crippen molar-refractivity contribution in [2.75, 3.05) is 0 Å². The smallest absolute Gasteiger partial charge is 0.442 e. The highest BCUT2D eigenvalue weighted by molar-refractivity contribution is 5.74. The van der Waals surface area contributed by atoms with Crippen molar-refractivity contribution in [3.05, 3.63) is 59.2 Å². The molecule has 2 aromatic carbocycles. The van der Waals surface area contributed by atoms with E-state index in [-0.39, 0.29) is 11.3 Å². The van der Waals surface area contributed by atoms with Gasteiger partial charge >= 0.3 is 11.8 Å². The van der Waals surface area contributed by atoms with E-state index in [2.05, 4.69) is 10.2 Å². The van der Waals surface area contributed by atoms with Crippen LogP contribution in [-0.2, 0) is 5.66 Å². The van der Waals surface area contributed by atoms with Crippen molar-refractivity contribution in [1.82, 2.24) is 0 Å². The van der Waals surface area contributed by atoms with Crippen molar-refractivity contribution in [2.45, 2.75) is 11.8 Å². The third-order valence-electron chi connectivity index (χ3n) is 3.43. The van der Waals surface area contributed by atoms with Gasteiger partial charge in [0.05, 0.1) is 5.56 Å². The molecule has 0 atom stereocenters. The van der Waals surface area contributed by atoms with Crippen LogP contribution < -0.4 is 0 Å². The lowest BCUT2D eigenvalue weighted by Crippen LogP contribution is -2.31. The zero-order chi connectivity index (χ0) is 16.7. The van der Waals surface area contributed by atoms with Gasteiger partial charge in [-0.15, -0.1) is 10.2 Å². The number of hydrogen-bond acceptors (Lipinski definition) is 4. The first kappa shape index (κ1) is 15.1. The quantitative estimate of drug-likeness (QED) is 0.821. The van der Waals surface area contributed by atoms with E-state index in [1.807, 2.05) is 6.07 Å². The summed E-state index contributed by atoms with van der Waals surface area (Å²) in [6.45, 7) is 0. The molecule has 1 heterocycles. The first-order chi connectivity index (χ1) is 10.8. The maximum Gasteiger partial charge on any atom is 0.442 e. The first-order valence-corrected chi connectivity index (χ1v) is 6.64. The summed E-state index contributed by atoms with van der Waals surface area (Å²) in [5.74, 6) is -1.06. The Kier molecular flexibility index (Phi) is 3.35. The molecule has 3 rings (SSSR count). The minimum Gasteiger partial charge on any atom is -0.508 e. The Morgan fingerprint density at radius 3 is 2.17 bits per heavy atom. The van der Waals surface area contributed by atoms with Crippen LogP contribution in [0.1, 0.15) is 16.7 Å². The summed E-state index contributed by atoms with van der Waals surface area (Å²) in [7, 11) is 0. The van der Waals surface area contributed by atoms with Crippen LogP contribution in [-0.4, -0.2) is 16.4 Å². The van der Waals surface area contributed by atoms with Gasteiger partial charge in [0.2, 0.25) is 0 Å². The summed E-state index contributed by atoms with van der Waals surface area (Å²) < 4.78 is 39.7. The zero-order valence-corrected chi connectivity index (χ0v) is 11.6. The van der Waals surface area contributed by atoms with Gasteiger partial charge in [0, 0.05) is 6.07 Å². The maximum absolute atomic E-state index is 13.2. The van der Waals surface area contributed by atoms with Crippen LogP contribution >= 0.6 is 0 Å². The van der Waals surface area contributed by atoms with Crippen LogP contribution in [0.2, 0.25) is 0 Å². The molecular formula is C16H11F3N2O2. The van der Waals surface area contributed by atoms with Crippen LogP contribution in [0.15, 0.2) is 52.7 Å². The highest BCUT2D eigenvalue weighted by Crippen LogP contribution is 2.56. The van der Waals surface area contributed by atoms with Crippen molar-refractivity contribution in [3.63, 3.8) is 0 Å². The fourth-order valence-corrected chi connectivity index (χ4v) is 2.30. The number of halogens is 3. The number of rotatable bonds is 3. The molecule has 0 unspecified atom stereocenters. The third kappa shape index (κ3) is 2.65. The Labute approximate surface area is 129 Å². The molecule has 0 aliphatic carbocycles. The number of nitrogens with zero attached hydrogens (tertiary/aromatic N) is 2. The van der Waals surface area contributed by atoms with E-state index in [1.165, 1.54) is 6.08 Å². The van der Waals surface area contributed by atoms with Gasteiger partial charge in [-0.2, -0.15) is 13.2 Å². The summed E-state index contributed by atoms with van der Waals surface area (Å²) in [6, 6.07) is 10.9. The molecule has 118 valence electrons. The normalized spacial score (nSPS) is 16.0. The van der Waals surface area contributed by atoms with Crippen LogP contribution in [0.3, 0.4) is 0 Å². The van der Waals surface area contributed by atoms with Gasteiger partial charge in [-0.1, -0.05) is 42.5 Å². The van der Waals surface area contributed by atoms with Gasteiger partial charge < -0.3 is 10.2 Å². The van der Waals surface area contributed by atoms with Gasteiger partial charge in [0.15, 0.2) is 0 Å². The average Bonchev–Trinajstić information content (AvgIpc) is 3.26. The Morgan fingerprint density at radius 1 is 0.957 bits per heavy atom. The monoisotopic (exact) mass is 320 g/mol. The van der Waals surface area contributed by atoms with E-state index in [1.54, 1.807) is 30.3 Å². The minimum atomic E-state index is -4.77. The fraction of sp³-hybridized carbons (Fsp3) is 0.125. The van der Waals surface area contributed by atoms with E-state index in [0.717, 1.165) is 17.7 Å². The molecule has 1 aliphatic rings. The predicted molar refractivity (Wildman–Crippen MR) is 77.7 cm³/mol. The van der Waals surface area contributed by atoms with Crippen LogP contribution in [0.25, 0.3) is 12.2 Å². The Hall–Kier alpha value is -2.83. The van der Waals surface area contributed by atoms with Crippen molar-refractivity contribution >= 4 is 12.2 Å². The number of aromatic hydroxyl groups is 2. The third-order valence-corrected chi connectivity index (χ3v) is 3.43. The molecule has 0 fully saturated rings. The van der Waals surface area contributed by atoms with Gasteiger partial charge in [0.1, 0.15) is 11.5 Å². The topological polar surface area (TPSA) is 65.2 Å². The second-order valence-electron chi connectivity index (χ2n) is 5.04. The highest BCUT2D eigenvalue weighted by atomic mass is 19.4. The zero-order valence-electron chi connectivity index (χ0n) is 11.6. The number of benzene rings is 2. The fourth-order valence-electron chi connectivity index (χ4n) is 2.30. The lowest BCUT2D eigenvalue weighted by molar-refractivity contribution is -0.166. The van der Waals surface area contributed by atoms with Gasteiger partial charge in [-0.05, 0) is 17.2 Å². The molecule has 0 radical (unpaired) electrons. The lowest BCUT2D eigenvalue weighted by atomic mass is 9.94. The molecule has 0 bridgehead atoms. The summed E-state index contributed by atoms with van der Waals surface area (Å²) >= 11 is 0. The standard InChI is InChI=1S/C16H11F3N2O2/c17-16(18,19)15(20-21-15)14-11(8-12(22)9-13(14)23)7-6-10-4-2-1-3-5-10/h1-9,22-23H. The molecule has 2 aromatic rings. The van der Waals surface area contributed by atoms with E-state index >= 15 is 0 Å². The molecule has 4 nitrogen and oxygen atoms in total. The molecule has 0 spiro atoms. The van der Waals surface area contributed by atoms with Crippen molar-refractivity contribution < 1.29 is 23.4 Å². The molecular weight excluding hydrogens is 309 g/mol. The number of phenols is 2. The molecule has 2 N–H and O–H groups in total. The summed E-state index contributed by atoms with van der Waals surface area (Å²) in [5, 5.41) is 25.7. The lowest BCUT2D eigenvalue weighted by Gasteiger charge is -2.18. The van der Waals surface area contributed by atoms with Crippen LogP contribution in [0, 0.1) is 0 Å². The number of hydrogen-bond donors (Lipinski definition) is 2. The van der Waals surface area contributed by atoms with Crippen LogP contribution in [0.4, 0.5) is 13.2 Å². The van der Waals surface area contributed by atoms with Gasteiger partial charge in [0.25, 0.3) is 0 Å². The van der Waals surface area contributed by atoms with Gasteiger partial charge in [-0.25, -0.2) is 0 Å². The second-order valence-corrected chi connectivity index (χ2v) is 5.04. The number of phenolic OH excluding ortho intramolecular Hbond substituents is 2. The SMILES string of the molecule is Oc1cc(O)c(C2(C(F)(F)F)N=N2)c(C=Cc2ccccc2)c1. The second kappa shape index (κ2) is 5.12. The largest absolute Gasteiger partial charge is 0.508 e. The Balaban J connectivity index is 2.09. The molecule has 0 saturated carbocycles. The first-order valence-electron chi connectivity index (χ1n) is 6.64. The summed E-state index contributed by atoms with van der Waals surface area (Å²) in [5.41, 5.74) is -2.50. The molecule has 7 heteroatoms. The average molecular weight is 320 g/mol. The molecule has 23 heavy (non-hydrogen) atoms. The number of alkyl halides is 3. The molecule has 0 saturated heterocycles. The van der Waals surface area contributed by atoms with Crippen molar-refractivity contribution in [1.29, 1.82) is 0 Å². The van der Waals surface area contributed by atoms with Crippen molar-refractivity contribution in [3.8, 4) is 11.5 Å². The maximum atomic E-state index is 13.2. The van der Waals surface area contributed by atoms with E-state index in [9.17, 15) is 23.4 Å². The van der Waals surface area contributed by atoms with Gasteiger partial charge in [-0.3, -0.25) is 0 Å². The summed E-state index contributed by atoms with van der Waals surface area (Å²) in [4.78, 5) is 0. The van der Waals surface area contributed by atoms with E-state index in [0.29, 0.717) is 0 Å². The minimum absolute atomic E-state index is 0.00585. The molecule has 0 aromatic heterocycles. The van der Waals surface area contributed by atoms with Crippen LogP contribution in [0.5, 0.6) is 11.5 Å². The predicted octanol–water partition coefficient (Wildman–Crippen LogP) is 4.45. The molecule has 1 aliphatic heterocycles. The van der Waals surface area contributed by atoms with Crippen molar-refractivity contribution in [2.24, 2.45) is 10.2 Å². The Morgan fingerprint density at radius 2 is 1.61 bits per heavy atom. The summed E-state index contributed by atoms with van der Waals surface area (Å²) in [6.07, 6.45) is -1.82. The molecule has 0 amide bonds. The Bertz CT molecular complexity index is 793. The highest BCUT2D eigenvalue weighted by Gasteiger charge is 2.67.